The van der Waals surface area contributed by atoms with E-state index in [1.54, 1.807) is 0 Å². The van der Waals surface area contributed by atoms with Crippen molar-refractivity contribution < 1.29 is 0 Å². The summed E-state index contributed by atoms with van der Waals surface area (Å²) >= 11 is 0. The molecule has 1 saturated carbocycles. The molecule has 0 atom stereocenters. The lowest BCUT2D eigenvalue weighted by atomic mass is 9.77. The summed E-state index contributed by atoms with van der Waals surface area (Å²) in [6.07, 6.45) is 2.58. The molecule has 35 heavy (non-hydrogen) atoms. The number of hydrazine groups is 1. The van der Waals surface area contributed by atoms with Crippen LogP contribution in [0.4, 0.5) is 5.69 Å². The molecule has 0 bridgehead atoms. The lowest BCUT2D eigenvalue weighted by Gasteiger charge is -2.37. The van der Waals surface area contributed by atoms with E-state index in [-0.39, 0.29) is 5.41 Å². The molecule has 0 radical (unpaired) electrons. The van der Waals surface area contributed by atoms with Crippen LogP contribution in [0.15, 0.2) is 127 Å². The molecule has 0 spiro atoms. The fourth-order valence-corrected chi connectivity index (χ4v) is 4.09. The minimum Gasteiger partial charge on any atom is -0.320 e. The first-order valence-corrected chi connectivity index (χ1v) is 12.4. The summed E-state index contributed by atoms with van der Waals surface area (Å²) in [6, 6.07) is 40.5. The Kier molecular flexibility index (Phi) is 7.53. The summed E-state index contributed by atoms with van der Waals surface area (Å²) in [5, 5.41) is 0. The average Bonchev–Trinajstić information content (AvgIpc) is 3.68. The van der Waals surface area contributed by atoms with Crippen molar-refractivity contribution in [2.24, 2.45) is 0 Å². The molecular weight excluding hydrogens is 424 g/mol. The van der Waals surface area contributed by atoms with E-state index in [2.05, 4.69) is 153 Å². The van der Waals surface area contributed by atoms with E-state index in [1.165, 1.54) is 40.7 Å². The molecule has 2 N–H and O–H groups in total. The second kappa shape index (κ2) is 10.8. The quantitative estimate of drug-likeness (QED) is 0.172. The van der Waals surface area contributed by atoms with Crippen LogP contribution in [-0.4, -0.2) is 0 Å². The van der Waals surface area contributed by atoms with Crippen molar-refractivity contribution in [3.8, 4) is 0 Å². The van der Waals surface area contributed by atoms with Crippen LogP contribution < -0.4 is 10.9 Å². The Hall–Kier alpha value is -3.62. The summed E-state index contributed by atoms with van der Waals surface area (Å²) in [5.41, 5.74) is 14.1. The molecule has 4 aromatic rings. The lowest BCUT2D eigenvalue weighted by molar-refractivity contribution is 0.520. The first-order chi connectivity index (χ1) is 16.9. The molecular formula is C33H36N2. The molecule has 2 heteroatoms. The van der Waals surface area contributed by atoms with Gasteiger partial charge in [0.25, 0.3) is 0 Å². The number of hydrogen-bond donors (Lipinski definition) is 2. The van der Waals surface area contributed by atoms with E-state index in [9.17, 15) is 0 Å². The Morgan fingerprint density at radius 3 is 1.23 bits per heavy atom. The lowest BCUT2D eigenvalue weighted by Crippen LogP contribution is -2.47. The van der Waals surface area contributed by atoms with E-state index in [4.69, 9.17) is 0 Å². The van der Waals surface area contributed by atoms with Crippen LogP contribution in [0.3, 0.4) is 0 Å². The predicted molar refractivity (Wildman–Crippen MR) is 149 cm³/mol. The van der Waals surface area contributed by atoms with Gasteiger partial charge < -0.3 is 5.43 Å². The van der Waals surface area contributed by atoms with Crippen LogP contribution in [0.25, 0.3) is 0 Å². The summed E-state index contributed by atoms with van der Waals surface area (Å²) in [6.45, 7) is 10.4. The maximum Gasteiger partial charge on any atom is 0.112 e. The number of rotatable bonds is 6. The summed E-state index contributed by atoms with van der Waals surface area (Å²) in [4.78, 5) is 0. The van der Waals surface area contributed by atoms with Crippen LogP contribution in [0.2, 0.25) is 0 Å². The topological polar surface area (TPSA) is 24.1 Å². The molecule has 2 nitrogen and oxygen atoms in total. The second-order valence-corrected chi connectivity index (χ2v) is 10.2. The Morgan fingerprint density at radius 2 is 0.914 bits per heavy atom. The van der Waals surface area contributed by atoms with Crippen molar-refractivity contribution in [1.82, 2.24) is 5.43 Å². The zero-order valence-electron chi connectivity index (χ0n) is 21.1. The second-order valence-electron chi connectivity index (χ2n) is 10.2. The van der Waals surface area contributed by atoms with Crippen LogP contribution in [0.5, 0.6) is 0 Å². The van der Waals surface area contributed by atoms with Crippen LogP contribution in [0.1, 0.15) is 55.9 Å². The molecule has 178 valence electrons. The summed E-state index contributed by atoms with van der Waals surface area (Å²) < 4.78 is 0. The Bertz CT molecular complexity index is 1100. The van der Waals surface area contributed by atoms with Gasteiger partial charge in [-0.25, -0.2) is 5.43 Å². The number of anilines is 1. The summed E-state index contributed by atoms with van der Waals surface area (Å²) in [7, 11) is 0. The van der Waals surface area contributed by atoms with Crippen molar-refractivity contribution in [2.45, 2.75) is 44.6 Å². The molecule has 0 amide bonds. The van der Waals surface area contributed by atoms with Crippen molar-refractivity contribution >= 4 is 5.69 Å². The summed E-state index contributed by atoms with van der Waals surface area (Å²) in [5.74, 6) is 0. The first kappa shape index (κ1) is 24.5. The molecule has 0 aromatic heterocycles. The van der Waals surface area contributed by atoms with E-state index in [1.807, 2.05) is 0 Å². The van der Waals surface area contributed by atoms with Crippen molar-refractivity contribution in [2.75, 3.05) is 5.43 Å². The normalized spacial score (nSPS) is 12.9. The fraction of sp³-hybridized carbons (Fsp3) is 0.212. The smallest absolute Gasteiger partial charge is 0.112 e. The minimum atomic E-state index is -0.549. The third-order valence-electron chi connectivity index (χ3n) is 6.37. The molecule has 5 rings (SSSR count). The number of nitrogens with one attached hydrogen (secondary N) is 2. The van der Waals surface area contributed by atoms with Gasteiger partial charge in [-0.2, -0.15) is 0 Å². The molecule has 1 fully saturated rings. The zero-order valence-corrected chi connectivity index (χ0v) is 21.1. The molecule has 1 aliphatic carbocycles. The maximum atomic E-state index is 3.71. The number of allylic oxidation sites excluding steroid dienone is 1. The van der Waals surface area contributed by atoms with E-state index in [0.29, 0.717) is 0 Å². The fourth-order valence-electron chi connectivity index (χ4n) is 4.09. The Labute approximate surface area is 210 Å². The molecule has 0 unspecified atom stereocenters. The SMILES string of the molecule is C=C1CC1.CC(C)(C)c1ccc(NNC(c2ccccc2)(c2ccccc2)c2ccccc2)cc1. The molecule has 0 aliphatic heterocycles. The highest BCUT2D eigenvalue weighted by atomic mass is 15.4. The third kappa shape index (κ3) is 6.09. The van der Waals surface area contributed by atoms with E-state index < -0.39 is 5.54 Å². The van der Waals surface area contributed by atoms with Crippen LogP contribution in [-0.2, 0) is 11.0 Å². The van der Waals surface area contributed by atoms with Gasteiger partial charge in [0.05, 0.1) is 0 Å². The number of hydrogen-bond acceptors (Lipinski definition) is 2. The number of benzene rings is 4. The van der Waals surface area contributed by atoms with Crippen LogP contribution >= 0.6 is 0 Å². The average molecular weight is 461 g/mol. The highest BCUT2D eigenvalue weighted by molar-refractivity contribution is 5.52. The highest BCUT2D eigenvalue weighted by Gasteiger charge is 2.36. The van der Waals surface area contributed by atoms with Gasteiger partial charge in [-0.3, -0.25) is 0 Å². The van der Waals surface area contributed by atoms with Gasteiger partial charge in [-0.1, -0.05) is 136 Å². The van der Waals surface area contributed by atoms with Crippen molar-refractivity contribution in [3.05, 3.63) is 150 Å². The third-order valence-corrected chi connectivity index (χ3v) is 6.37. The molecule has 1 aliphatic rings. The van der Waals surface area contributed by atoms with Crippen LogP contribution in [0, 0.1) is 0 Å². The van der Waals surface area contributed by atoms with E-state index >= 15 is 0 Å². The maximum absolute atomic E-state index is 3.71. The van der Waals surface area contributed by atoms with Gasteiger partial charge in [-0.05, 0) is 52.6 Å². The standard InChI is InChI=1S/C29H30N2.C4H6/c1-28(2,3)23-19-21-27(22-20-23)30-31-29(24-13-7-4-8-14-24,25-15-9-5-10-16-25)26-17-11-6-12-18-26;1-4-2-3-4/h4-22,30-31H,1-3H3;1-3H2. The van der Waals surface area contributed by atoms with Gasteiger partial charge in [0.1, 0.15) is 5.54 Å². The van der Waals surface area contributed by atoms with Crippen molar-refractivity contribution in [3.63, 3.8) is 0 Å². The first-order valence-electron chi connectivity index (χ1n) is 12.4. The Morgan fingerprint density at radius 1 is 0.543 bits per heavy atom. The minimum absolute atomic E-state index is 0.133. The predicted octanol–water partition coefficient (Wildman–Crippen LogP) is 8.23. The molecule has 4 aromatic carbocycles. The van der Waals surface area contributed by atoms with Gasteiger partial charge in [0.15, 0.2) is 0 Å². The highest BCUT2D eigenvalue weighted by Crippen LogP contribution is 2.36. The van der Waals surface area contributed by atoms with Gasteiger partial charge in [-0.15, -0.1) is 0 Å². The Balaban J connectivity index is 0.000000656. The largest absolute Gasteiger partial charge is 0.320 e. The van der Waals surface area contributed by atoms with Gasteiger partial charge in [0, 0.05) is 5.69 Å². The van der Waals surface area contributed by atoms with E-state index in [0.717, 1.165) is 5.69 Å². The van der Waals surface area contributed by atoms with Crippen molar-refractivity contribution in [1.29, 1.82) is 0 Å². The monoisotopic (exact) mass is 460 g/mol. The molecule has 0 heterocycles. The van der Waals surface area contributed by atoms with Gasteiger partial charge in [0.2, 0.25) is 0 Å². The van der Waals surface area contributed by atoms with Gasteiger partial charge >= 0.3 is 0 Å². The zero-order chi connectivity index (χ0) is 24.7. The molecule has 0 saturated heterocycles.